The quantitative estimate of drug-likeness (QED) is 0.209. The molecule has 2 aromatic carbocycles. The zero-order valence-electron chi connectivity index (χ0n) is 24.4. The summed E-state index contributed by atoms with van der Waals surface area (Å²) in [7, 11) is 1.62. The lowest BCUT2D eigenvalue weighted by Gasteiger charge is -2.10. The summed E-state index contributed by atoms with van der Waals surface area (Å²) in [5.74, 6) is -1.05. The Labute approximate surface area is 256 Å². The number of hydrogen-bond donors (Lipinski definition) is 1. The molecule has 0 atom stereocenters. The van der Waals surface area contributed by atoms with Crippen LogP contribution < -0.4 is 10.3 Å². The van der Waals surface area contributed by atoms with Crippen molar-refractivity contribution in [3.8, 4) is 28.7 Å². The van der Waals surface area contributed by atoms with Crippen molar-refractivity contribution in [3.63, 3.8) is 0 Å². The molecule has 1 fully saturated rings. The number of nitrogens with zero attached hydrogens (tertiary/aromatic N) is 4. The molecule has 1 saturated heterocycles. The summed E-state index contributed by atoms with van der Waals surface area (Å²) in [5, 5.41) is 10.4. The van der Waals surface area contributed by atoms with Gasteiger partial charge in [0, 0.05) is 48.9 Å². The Morgan fingerprint density at radius 3 is 2.36 bits per heavy atom. The number of aromatic amines is 1. The maximum absolute atomic E-state index is 15.1. The highest BCUT2D eigenvalue weighted by molar-refractivity contribution is 6.30. The van der Waals surface area contributed by atoms with Crippen LogP contribution in [0.4, 0.5) is 13.2 Å². The van der Waals surface area contributed by atoms with Crippen molar-refractivity contribution in [1.29, 1.82) is 0 Å². The van der Waals surface area contributed by atoms with Crippen LogP contribution in [0.5, 0.6) is 5.88 Å². The lowest BCUT2D eigenvalue weighted by Crippen LogP contribution is -2.04. The fourth-order valence-corrected chi connectivity index (χ4v) is 4.32. The monoisotopic (exact) mass is 629 g/mol. The largest absolute Gasteiger partial charge is 0.473 e. The van der Waals surface area contributed by atoms with E-state index in [-0.39, 0.29) is 57.9 Å². The van der Waals surface area contributed by atoms with Crippen molar-refractivity contribution in [3.05, 3.63) is 104 Å². The van der Waals surface area contributed by atoms with Gasteiger partial charge in [-0.3, -0.25) is 4.79 Å². The zero-order chi connectivity index (χ0) is 31.6. The maximum atomic E-state index is 15.1. The molecule has 1 aliphatic heterocycles. The number of benzene rings is 2. The van der Waals surface area contributed by atoms with Gasteiger partial charge in [-0.05, 0) is 48.7 Å². The molecule has 0 saturated carbocycles. The van der Waals surface area contributed by atoms with E-state index in [2.05, 4.69) is 20.3 Å². The standard InChI is InChI=1S/C25H17ClF3N5O3.C4H8O.C2H6/c1-34-22(31-32-25(34)21-11-23(35)33-37-21)8-14-7-19(29)16(10-18(14)28)20-3-2-4-24(30-20)36-12-13-5-6-15(26)9-17(13)27;1-2-4-5-3-1;1-2/h2-7,9-11H,8,12H2,1H3,(H,33,35);1-4H2;1-2H3. The van der Waals surface area contributed by atoms with Crippen LogP contribution in [0.15, 0.2) is 63.9 Å². The summed E-state index contributed by atoms with van der Waals surface area (Å²) >= 11 is 5.76. The lowest BCUT2D eigenvalue weighted by atomic mass is 10.0. The summed E-state index contributed by atoms with van der Waals surface area (Å²) in [5.41, 5.74) is -0.0609. The van der Waals surface area contributed by atoms with Crippen LogP contribution in [0.25, 0.3) is 22.8 Å². The van der Waals surface area contributed by atoms with Crippen LogP contribution in [0.1, 0.15) is 43.6 Å². The highest BCUT2D eigenvalue weighted by Crippen LogP contribution is 2.28. The Morgan fingerprint density at radius 1 is 0.955 bits per heavy atom. The minimum absolute atomic E-state index is 0.0458. The topological polar surface area (TPSA) is 108 Å². The van der Waals surface area contributed by atoms with E-state index >= 15 is 8.78 Å². The normalized spacial score (nSPS) is 12.2. The van der Waals surface area contributed by atoms with E-state index in [1.807, 2.05) is 13.8 Å². The van der Waals surface area contributed by atoms with Gasteiger partial charge in [-0.1, -0.05) is 37.6 Å². The molecular weight excluding hydrogens is 599 g/mol. The average Bonchev–Trinajstić information content (AvgIpc) is 3.80. The molecule has 232 valence electrons. The van der Waals surface area contributed by atoms with E-state index in [4.69, 9.17) is 25.6 Å². The van der Waals surface area contributed by atoms with E-state index < -0.39 is 23.0 Å². The Bertz CT molecular complexity index is 1740. The first-order valence-corrected chi connectivity index (χ1v) is 14.3. The Kier molecular flexibility index (Phi) is 11.3. The van der Waals surface area contributed by atoms with E-state index in [0.29, 0.717) is 5.82 Å². The molecule has 13 heteroatoms. The van der Waals surface area contributed by atoms with Crippen molar-refractivity contribution in [2.24, 2.45) is 7.05 Å². The molecule has 1 N–H and O–H groups in total. The van der Waals surface area contributed by atoms with Gasteiger partial charge in [-0.2, -0.15) is 5.16 Å². The van der Waals surface area contributed by atoms with Crippen molar-refractivity contribution in [2.75, 3.05) is 13.2 Å². The molecule has 44 heavy (non-hydrogen) atoms. The summed E-state index contributed by atoms with van der Waals surface area (Å²) in [6, 6.07) is 12.1. The smallest absolute Gasteiger partial charge is 0.280 e. The second-order valence-corrected chi connectivity index (χ2v) is 9.82. The van der Waals surface area contributed by atoms with E-state index in [1.165, 1.54) is 53.8 Å². The molecule has 0 amide bonds. The molecule has 1 aliphatic rings. The molecule has 3 aromatic heterocycles. The molecule has 9 nitrogen and oxygen atoms in total. The molecule has 0 unspecified atom stereocenters. The minimum atomic E-state index is -0.705. The third kappa shape index (κ3) is 8.14. The number of aromatic nitrogens is 5. The van der Waals surface area contributed by atoms with Crippen molar-refractivity contribution in [1.82, 2.24) is 24.9 Å². The van der Waals surface area contributed by atoms with Crippen molar-refractivity contribution >= 4 is 11.6 Å². The molecular formula is C31H31ClF3N5O4. The fraction of sp³-hybridized carbons (Fsp3) is 0.290. The fourth-order valence-electron chi connectivity index (χ4n) is 4.16. The van der Waals surface area contributed by atoms with Gasteiger partial charge in [0.25, 0.3) is 5.56 Å². The zero-order valence-corrected chi connectivity index (χ0v) is 25.1. The molecule has 0 spiro atoms. The molecule has 4 heterocycles. The third-order valence-corrected chi connectivity index (χ3v) is 6.65. The molecule has 6 rings (SSSR count). The number of H-pyrrole nitrogens is 1. The predicted molar refractivity (Wildman–Crippen MR) is 159 cm³/mol. The predicted octanol–water partition coefficient (Wildman–Crippen LogP) is 6.89. The summed E-state index contributed by atoms with van der Waals surface area (Å²) in [6.45, 7) is 5.88. The number of hydrogen-bond acceptors (Lipinski definition) is 7. The van der Waals surface area contributed by atoms with Gasteiger partial charge < -0.3 is 18.6 Å². The average molecular weight is 630 g/mol. The Balaban J connectivity index is 0.000000565. The number of ether oxygens (including phenoxy) is 2. The summed E-state index contributed by atoms with van der Waals surface area (Å²) in [6.07, 6.45) is 2.49. The molecule has 5 aromatic rings. The first-order valence-electron chi connectivity index (χ1n) is 14.0. The minimum Gasteiger partial charge on any atom is -0.473 e. The third-order valence-electron chi connectivity index (χ3n) is 6.41. The van der Waals surface area contributed by atoms with Crippen LogP contribution in [-0.2, 0) is 24.8 Å². The second kappa shape index (κ2) is 15.3. The highest BCUT2D eigenvalue weighted by Gasteiger charge is 2.19. The van der Waals surface area contributed by atoms with Gasteiger partial charge in [0.05, 0.1) is 11.8 Å². The van der Waals surface area contributed by atoms with E-state index in [9.17, 15) is 9.18 Å². The molecule has 0 aliphatic carbocycles. The summed E-state index contributed by atoms with van der Waals surface area (Å²) < 4.78 is 61.1. The Morgan fingerprint density at radius 2 is 1.70 bits per heavy atom. The highest BCUT2D eigenvalue weighted by atomic mass is 35.5. The van der Waals surface area contributed by atoms with Crippen molar-refractivity contribution in [2.45, 2.75) is 39.7 Å². The van der Waals surface area contributed by atoms with Gasteiger partial charge in [0.1, 0.15) is 29.9 Å². The van der Waals surface area contributed by atoms with Crippen LogP contribution in [0.2, 0.25) is 5.02 Å². The number of rotatable bonds is 7. The number of pyridine rings is 1. The maximum Gasteiger partial charge on any atom is 0.280 e. The van der Waals surface area contributed by atoms with Gasteiger partial charge >= 0.3 is 0 Å². The molecule has 0 bridgehead atoms. The van der Waals surface area contributed by atoms with E-state index in [0.717, 1.165) is 25.3 Å². The van der Waals surface area contributed by atoms with Crippen molar-refractivity contribution < 1.29 is 27.2 Å². The Hall–Kier alpha value is -4.42. The van der Waals surface area contributed by atoms with Gasteiger partial charge in [0.15, 0.2) is 0 Å². The van der Waals surface area contributed by atoms with Crippen LogP contribution in [0, 0.1) is 17.5 Å². The van der Waals surface area contributed by atoms with E-state index in [1.54, 1.807) is 13.1 Å². The van der Waals surface area contributed by atoms with Gasteiger partial charge in [0.2, 0.25) is 17.5 Å². The second-order valence-electron chi connectivity index (χ2n) is 9.38. The summed E-state index contributed by atoms with van der Waals surface area (Å²) in [4.78, 5) is 15.6. The lowest BCUT2D eigenvalue weighted by molar-refractivity contribution is 0.198. The van der Waals surface area contributed by atoms with Crippen LogP contribution >= 0.6 is 11.6 Å². The molecule has 0 radical (unpaired) electrons. The van der Waals surface area contributed by atoms with Gasteiger partial charge in [-0.15, -0.1) is 10.2 Å². The first-order chi connectivity index (χ1) is 21.3. The van der Waals surface area contributed by atoms with Gasteiger partial charge in [-0.25, -0.2) is 18.2 Å². The SMILES string of the molecule is C1CCOC1.CC.Cn1c(Cc2cc(F)c(-c3cccc(OCc4ccc(Cl)cc4F)n3)cc2F)nnc1-c1cc(=O)[nH]o1. The number of nitrogens with one attached hydrogen (secondary N) is 1. The van der Waals surface area contributed by atoms with Crippen LogP contribution in [0.3, 0.4) is 0 Å². The van der Waals surface area contributed by atoms with Crippen LogP contribution in [-0.4, -0.2) is 38.1 Å². The number of halogens is 4. The first kappa shape index (κ1) is 32.5.